The van der Waals surface area contributed by atoms with E-state index in [-0.39, 0.29) is 16.8 Å². The van der Waals surface area contributed by atoms with Crippen LogP contribution in [0.1, 0.15) is 21.5 Å². The Morgan fingerprint density at radius 1 is 1.10 bits per heavy atom. The van der Waals surface area contributed by atoms with Gasteiger partial charge in [-0.2, -0.15) is 18.4 Å². The molecule has 0 aliphatic carbocycles. The van der Waals surface area contributed by atoms with Crippen LogP contribution in [-0.4, -0.2) is 5.91 Å². The second kappa shape index (κ2) is 5.67. The van der Waals surface area contributed by atoms with Crippen LogP contribution in [0.4, 0.5) is 18.9 Å². The van der Waals surface area contributed by atoms with Crippen LogP contribution >= 0.6 is 0 Å². The van der Waals surface area contributed by atoms with Crippen molar-refractivity contribution in [3.05, 3.63) is 65.2 Å². The number of rotatable bonds is 2. The van der Waals surface area contributed by atoms with Crippen molar-refractivity contribution in [2.75, 3.05) is 5.32 Å². The number of halogens is 3. The van der Waals surface area contributed by atoms with E-state index in [4.69, 9.17) is 5.26 Å². The van der Waals surface area contributed by atoms with Crippen molar-refractivity contribution < 1.29 is 18.0 Å². The van der Waals surface area contributed by atoms with Crippen molar-refractivity contribution in [3.63, 3.8) is 0 Å². The number of nitrogens with one attached hydrogen (secondary N) is 1. The molecule has 106 valence electrons. The second-order valence-corrected chi connectivity index (χ2v) is 4.19. The van der Waals surface area contributed by atoms with E-state index in [1.807, 2.05) is 6.07 Å². The maximum atomic E-state index is 12.6. The predicted molar refractivity (Wildman–Crippen MR) is 70.6 cm³/mol. The molecule has 0 aromatic heterocycles. The molecule has 0 saturated carbocycles. The van der Waals surface area contributed by atoms with E-state index >= 15 is 0 Å². The van der Waals surface area contributed by atoms with Crippen LogP contribution in [0.15, 0.2) is 48.5 Å². The molecule has 0 aliphatic heterocycles. The first-order chi connectivity index (χ1) is 9.91. The zero-order valence-electron chi connectivity index (χ0n) is 10.6. The first-order valence-corrected chi connectivity index (χ1v) is 5.89. The molecular formula is C15H9F3N2O. The average molecular weight is 290 g/mol. The van der Waals surface area contributed by atoms with Crippen molar-refractivity contribution in [2.24, 2.45) is 0 Å². The van der Waals surface area contributed by atoms with Gasteiger partial charge < -0.3 is 5.32 Å². The highest BCUT2D eigenvalue weighted by Gasteiger charge is 2.30. The Hall–Kier alpha value is -2.81. The number of amides is 1. The summed E-state index contributed by atoms with van der Waals surface area (Å²) in [5.41, 5.74) is -0.540. The van der Waals surface area contributed by atoms with Crippen LogP contribution in [0.25, 0.3) is 0 Å². The molecule has 2 aromatic rings. The van der Waals surface area contributed by atoms with Crippen molar-refractivity contribution in [2.45, 2.75) is 6.18 Å². The number of nitrogens with zero attached hydrogens (tertiary/aromatic N) is 1. The SMILES string of the molecule is N#Cc1ccccc1NC(=O)c1cccc(C(F)(F)F)c1. The van der Waals surface area contributed by atoms with Crippen LogP contribution in [0.3, 0.4) is 0 Å². The molecule has 2 aromatic carbocycles. The topological polar surface area (TPSA) is 52.9 Å². The molecule has 1 N–H and O–H groups in total. The lowest BCUT2D eigenvalue weighted by Crippen LogP contribution is -2.14. The highest BCUT2D eigenvalue weighted by atomic mass is 19.4. The van der Waals surface area contributed by atoms with Crippen molar-refractivity contribution in [1.82, 2.24) is 0 Å². The number of alkyl halides is 3. The van der Waals surface area contributed by atoms with Gasteiger partial charge in [0.05, 0.1) is 16.8 Å². The molecule has 0 fully saturated rings. The minimum absolute atomic E-state index is 0.127. The van der Waals surface area contributed by atoms with Crippen LogP contribution < -0.4 is 5.32 Å². The Balaban J connectivity index is 2.28. The van der Waals surface area contributed by atoms with E-state index in [0.717, 1.165) is 18.2 Å². The van der Waals surface area contributed by atoms with Gasteiger partial charge >= 0.3 is 6.18 Å². The largest absolute Gasteiger partial charge is 0.416 e. The van der Waals surface area contributed by atoms with Gasteiger partial charge in [0.2, 0.25) is 0 Å². The Morgan fingerprint density at radius 2 is 1.81 bits per heavy atom. The number of carbonyl (C=O) groups excluding carboxylic acids is 1. The number of carbonyl (C=O) groups is 1. The summed E-state index contributed by atoms with van der Waals surface area (Å²) in [6.45, 7) is 0. The molecule has 3 nitrogen and oxygen atoms in total. The van der Waals surface area contributed by atoms with E-state index in [0.29, 0.717) is 0 Å². The number of hydrogen-bond donors (Lipinski definition) is 1. The number of nitriles is 1. The monoisotopic (exact) mass is 290 g/mol. The lowest BCUT2D eigenvalue weighted by molar-refractivity contribution is -0.137. The summed E-state index contributed by atoms with van der Waals surface area (Å²) in [6, 6.07) is 12.2. The van der Waals surface area contributed by atoms with Crippen LogP contribution in [0.5, 0.6) is 0 Å². The number of anilines is 1. The lowest BCUT2D eigenvalue weighted by atomic mass is 10.1. The Labute approximate surface area is 118 Å². The minimum Gasteiger partial charge on any atom is -0.321 e. The first-order valence-electron chi connectivity index (χ1n) is 5.89. The summed E-state index contributed by atoms with van der Waals surface area (Å²) in [5, 5.41) is 11.3. The van der Waals surface area contributed by atoms with Gasteiger partial charge in [-0.1, -0.05) is 18.2 Å². The molecule has 21 heavy (non-hydrogen) atoms. The zero-order valence-corrected chi connectivity index (χ0v) is 10.6. The summed E-state index contributed by atoms with van der Waals surface area (Å²) in [5.74, 6) is -0.705. The molecule has 0 atom stereocenters. The fourth-order valence-corrected chi connectivity index (χ4v) is 1.72. The van der Waals surface area contributed by atoms with Crippen molar-refractivity contribution in [1.29, 1.82) is 5.26 Å². The van der Waals surface area contributed by atoms with Gasteiger partial charge in [-0.15, -0.1) is 0 Å². The maximum Gasteiger partial charge on any atom is 0.416 e. The fraction of sp³-hybridized carbons (Fsp3) is 0.0667. The summed E-state index contributed by atoms with van der Waals surface area (Å²) < 4.78 is 37.8. The van der Waals surface area contributed by atoms with Gasteiger partial charge in [-0.05, 0) is 30.3 Å². The Bertz CT molecular complexity index is 717. The fourth-order valence-electron chi connectivity index (χ4n) is 1.72. The third-order valence-electron chi connectivity index (χ3n) is 2.75. The number of benzene rings is 2. The second-order valence-electron chi connectivity index (χ2n) is 4.19. The van der Waals surface area contributed by atoms with Crippen molar-refractivity contribution >= 4 is 11.6 Å². The third-order valence-corrected chi connectivity index (χ3v) is 2.75. The molecule has 0 aliphatic rings. The molecule has 6 heteroatoms. The molecule has 0 bridgehead atoms. The molecule has 0 spiro atoms. The van der Waals surface area contributed by atoms with E-state index < -0.39 is 17.6 Å². The molecule has 1 amide bonds. The van der Waals surface area contributed by atoms with E-state index in [1.54, 1.807) is 12.1 Å². The molecule has 2 rings (SSSR count). The van der Waals surface area contributed by atoms with Crippen LogP contribution in [0.2, 0.25) is 0 Å². The van der Waals surface area contributed by atoms with Gasteiger partial charge in [-0.25, -0.2) is 0 Å². The van der Waals surface area contributed by atoms with Gasteiger partial charge in [0.1, 0.15) is 6.07 Å². The molecule has 0 saturated heterocycles. The van der Waals surface area contributed by atoms with Crippen LogP contribution in [0, 0.1) is 11.3 Å². The highest BCUT2D eigenvalue weighted by Crippen LogP contribution is 2.29. The highest BCUT2D eigenvalue weighted by molar-refractivity contribution is 6.05. The number of para-hydroxylation sites is 1. The molecule has 0 unspecified atom stereocenters. The summed E-state index contributed by atoms with van der Waals surface area (Å²) in [4.78, 5) is 12.0. The van der Waals surface area contributed by atoms with Crippen LogP contribution in [-0.2, 0) is 6.18 Å². The Kier molecular flexibility index (Phi) is 3.94. The minimum atomic E-state index is -4.51. The lowest BCUT2D eigenvalue weighted by Gasteiger charge is -2.10. The third kappa shape index (κ3) is 3.39. The number of hydrogen-bond acceptors (Lipinski definition) is 2. The van der Waals surface area contributed by atoms with E-state index in [2.05, 4.69) is 5.32 Å². The zero-order chi connectivity index (χ0) is 15.5. The molecule has 0 radical (unpaired) electrons. The summed E-state index contributed by atoms with van der Waals surface area (Å²) >= 11 is 0. The predicted octanol–water partition coefficient (Wildman–Crippen LogP) is 3.83. The van der Waals surface area contributed by atoms with E-state index in [9.17, 15) is 18.0 Å². The summed E-state index contributed by atoms with van der Waals surface area (Å²) in [7, 11) is 0. The quantitative estimate of drug-likeness (QED) is 0.913. The first kappa shape index (κ1) is 14.6. The molecular weight excluding hydrogens is 281 g/mol. The maximum absolute atomic E-state index is 12.6. The average Bonchev–Trinajstić information content (AvgIpc) is 2.47. The summed E-state index contributed by atoms with van der Waals surface area (Å²) in [6.07, 6.45) is -4.51. The van der Waals surface area contributed by atoms with E-state index in [1.165, 1.54) is 18.2 Å². The Morgan fingerprint density at radius 3 is 2.48 bits per heavy atom. The van der Waals surface area contributed by atoms with Gasteiger partial charge in [-0.3, -0.25) is 4.79 Å². The molecule has 0 heterocycles. The van der Waals surface area contributed by atoms with Crippen molar-refractivity contribution in [3.8, 4) is 6.07 Å². The smallest absolute Gasteiger partial charge is 0.321 e. The van der Waals surface area contributed by atoms with Gasteiger partial charge in [0.25, 0.3) is 5.91 Å². The standard InChI is InChI=1S/C15H9F3N2O/c16-15(17,18)12-6-3-5-10(8-12)14(21)20-13-7-2-1-4-11(13)9-19/h1-8H,(H,20,21). The van der Waals surface area contributed by atoms with Gasteiger partial charge in [0, 0.05) is 5.56 Å². The normalized spacial score (nSPS) is 10.8. The van der Waals surface area contributed by atoms with Gasteiger partial charge in [0.15, 0.2) is 0 Å².